The number of halogens is 1. The Morgan fingerprint density at radius 1 is 0.978 bits per heavy atom. The van der Waals surface area contributed by atoms with E-state index in [9.17, 15) is 19.2 Å². The molecule has 2 aliphatic carbocycles. The van der Waals surface area contributed by atoms with Crippen LogP contribution in [0, 0.1) is 29.6 Å². The summed E-state index contributed by atoms with van der Waals surface area (Å²) in [6.45, 7) is -0.198. The van der Waals surface area contributed by atoms with E-state index in [0.717, 1.165) is 26.4 Å². The predicted octanol–water partition coefficient (Wildman–Crippen LogP) is 5.90. The zero-order valence-electron chi connectivity index (χ0n) is 24.5. The Kier molecular flexibility index (Phi) is 7.34. The van der Waals surface area contributed by atoms with Crippen LogP contribution in [-0.2, 0) is 14.4 Å². The molecule has 3 aromatic carbocycles. The van der Waals surface area contributed by atoms with Gasteiger partial charge in [0.2, 0.25) is 11.8 Å². The van der Waals surface area contributed by atoms with Crippen LogP contribution in [0.5, 0.6) is 11.5 Å². The van der Waals surface area contributed by atoms with Crippen molar-refractivity contribution in [2.75, 3.05) is 23.9 Å². The maximum absolute atomic E-state index is 14.0. The molecule has 3 fully saturated rings. The smallest absolute Gasteiger partial charge is 0.305 e. The average Bonchev–Trinajstić information content (AvgIpc) is 3.80. The summed E-state index contributed by atoms with van der Waals surface area (Å²) in [5.41, 5.74) is 2.22. The maximum atomic E-state index is 14.0. The number of fused-ring (bicyclic) bond motifs is 9. The van der Waals surface area contributed by atoms with Crippen LogP contribution in [-0.4, -0.2) is 41.7 Å². The number of para-hydroxylation sites is 1. The topological polar surface area (TPSA) is 118 Å². The minimum Gasteiger partial charge on any atom is -0.493 e. The number of aromatic nitrogens is 1. The number of thiazole rings is 1. The lowest BCUT2D eigenvalue weighted by Gasteiger charge is -2.43. The molecular weight excluding hydrogens is 690 g/mol. The van der Waals surface area contributed by atoms with Crippen molar-refractivity contribution in [1.82, 2.24) is 4.98 Å². The first-order valence-electron chi connectivity index (χ1n) is 15.0. The zero-order valence-corrected chi connectivity index (χ0v) is 27.7. The number of nitrogens with zero attached hydrogens (tertiary/aromatic N) is 1. The monoisotopic (exact) mass is 717 g/mol. The van der Waals surface area contributed by atoms with E-state index < -0.39 is 5.92 Å². The first kappa shape index (κ1) is 29.5. The van der Waals surface area contributed by atoms with E-state index in [0.29, 0.717) is 22.9 Å². The number of benzene rings is 3. The number of hydrogen-bond donors (Lipinski definition) is 2. The first-order valence-corrected chi connectivity index (χ1v) is 17.5. The third-order valence-corrected chi connectivity index (χ3v) is 12.9. The summed E-state index contributed by atoms with van der Waals surface area (Å²) in [6, 6.07) is 22.1. The minimum atomic E-state index is -0.393. The van der Waals surface area contributed by atoms with E-state index in [1.165, 1.54) is 16.2 Å². The Hall–Kier alpha value is -3.87. The van der Waals surface area contributed by atoms with Gasteiger partial charge in [0.05, 0.1) is 29.7 Å². The van der Waals surface area contributed by atoms with E-state index in [2.05, 4.69) is 26.2 Å². The Labute approximate surface area is 280 Å². The molecule has 234 valence electrons. The summed E-state index contributed by atoms with van der Waals surface area (Å²) in [7, 11) is 1.55. The molecule has 3 amide bonds. The van der Waals surface area contributed by atoms with Gasteiger partial charge in [-0.2, -0.15) is 0 Å². The number of carbonyl (C=O) groups excluding carboxylic acids is 3. The molecule has 46 heavy (non-hydrogen) atoms. The second-order valence-corrected chi connectivity index (χ2v) is 15.2. The number of carbonyl (C=O) groups is 3. The molecule has 0 radical (unpaired) electrons. The van der Waals surface area contributed by atoms with E-state index in [1.54, 1.807) is 49.2 Å². The van der Waals surface area contributed by atoms with Crippen LogP contribution in [0.15, 0.2) is 87.1 Å². The summed E-state index contributed by atoms with van der Waals surface area (Å²) in [4.78, 5) is 58.3. The Balaban J connectivity index is 1.10. The molecule has 2 bridgehead atoms. The van der Waals surface area contributed by atoms with Crippen molar-refractivity contribution in [3.63, 3.8) is 0 Å². The van der Waals surface area contributed by atoms with Gasteiger partial charge in [-0.1, -0.05) is 51.5 Å². The molecule has 7 atom stereocenters. The quantitative estimate of drug-likeness (QED) is 0.229. The first-order chi connectivity index (χ1) is 22.3. The average molecular weight is 719 g/mol. The molecule has 4 aliphatic rings. The molecule has 4 aromatic rings. The lowest BCUT2D eigenvalue weighted by Crippen LogP contribution is -2.42. The van der Waals surface area contributed by atoms with Crippen LogP contribution in [0.4, 0.5) is 11.4 Å². The number of ether oxygens (including phenoxy) is 2. The van der Waals surface area contributed by atoms with Crippen molar-refractivity contribution in [3.05, 3.63) is 97.4 Å². The fourth-order valence-electron chi connectivity index (χ4n) is 8.09. The normalized spacial score (nSPS) is 27.3. The van der Waals surface area contributed by atoms with Crippen LogP contribution in [0.2, 0.25) is 0 Å². The predicted molar refractivity (Wildman–Crippen MR) is 179 cm³/mol. The van der Waals surface area contributed by atoms with Crippen LogP contribution in [0.25, 0.3) is 0 Å². The summed E-state index contributed by atoms with van der Waals surface area (Å²) < 4.78 is 12.5. The van der Waals surface area contributed by atoms with Crippen molar-refractivity contribution in [2.45, 2.75) is 22.6 Å². The molecule has 1 aromatic heterocycles. The second kappa shape index (κ2) is 11.4. The number of methoxy groups -OCH3 is 1. The number of anilines is 2. The van der Waals surface area contributed by atoms with Gasteiger partial charge >= 0.3 is 4.87 Å². The number of thioether (sulfide) groups is 1. The van der Waals surface area contributed by atoms with Crippen LogP contribution in [0.1, 0.15) is 22.8 Å². The Bertz CT molecular complexity index is 1930. The highest BCUT2D eigenvalue weighted by atomic mass is 79.9. The van der Waals surface area contributed by atoms with Gasteiger partial charge in [0, 0.05) is 26.2 Å². The number of hydrogen-bond acceptors (Lipinski definition) is 8. The third kappa shape index (κ3) is 4.72. The SMILES string of the molecule is COc1cc([C@@H]2c3sc(=O)[nH]c3S[C@@H]3[C@@H]4C[C@@H]([C@@H]5C(=O)N(c6ccc(Br)cc6)C(=O)[C@@H]45)[C@H]23)ccc1OCC(=O)Nc1ccccc1. The van der Waals surface area contributed by atoms with Crippen molar-refractivity contribution >= 4 is 68.1 Å². The number of nitrogens with one attached hydrogen (secondary N) is 2. The molecule has 2 saturated carbocycles. The van der Waals surface area contributed by atoms with Crippen molar-refractivity contribution in [2.24, 2.45) is 29.6 Å². The molecule has 2 N–H and O–H groups in total. The lowest BCUT2D eigenvalue weighted by molar-refractivity contribution is -0.123. The van der Waals surface area contributed by atoms with Gasteiger partial charge in [0.15, 0.2) is 18.1 Å². The van der Waals surface area contributed by atoms with Gasteiger partial charge < -0.3 is 19.8 Å². The second-order valence-electron chi connectivity index (χ2n) is 12.1. The van der Waals surface area contributed by atoms with Crippen molar-refractivity contribution < 1.29 is 23.9 Å². The van der Waals surface area contributed by atoms with Gasteiger partial charge in [0.1, 0.15) is 0 Å². The van der Waals surface area contributed by atoms with Crippen LogP contribution in [0.3, 0.4) is 0 Å². The maximum Gasteiger partial charge on any atom is 0.305 e. The molecule has 8 rings (SSSR count). The Morgan fingerprint density at radius 3 is 2.46 bits per heavy atom. The van der Waals surface area contributed by atoms with Gasteiger partial charge in [0.25, 0.3) is 5.91 Å². The number of imide groups is 1. The van der Waals surface area contributed by atoms with Gasteiger partial charge in [-0.15, -0.1) is 11.8 Å². The van der Waals surface area contributed by atoms with Crippen molar-refractivity contribution in [1.29, 1.82) is 0 Å². The van der Waals surface area contributed by atoms with Gasteiger partial charge in [-0.05, 0) is 78.3 Å². The standard InChI is InChI=1S/C34H28BrN3O6S2/c1-43-23-13-16(7-12-22(23)44-15-24(39)36-18-5-3-2-4-6-18)25-26-20-14-21(29(26)45-31-30(25)46-34(42)37-31)28-27(20)32(40)38(33(28)41)19-10-8-17(35)9-11-19/h2-13,20-21,25-29H,14-15H2,1H3,(H,36,39)(H,37,42)/t20-,21-,25+,26-,27+,28+,29-/m1/s1. The molecule has 12 heteroatoms. The highest BCUT2D eigenvalue weighted by Crippen LogP contribution is 2.68. The molecular formula is C34H28BrN3O6S2. The largest absolute Gasteiger partial charge is 0.493 e. The fourth-order valence-corrected chi connectivity index (χ4v) is 11.2. The van der Waals surface area contributed by atoms with E-state index >= 15 is 0 Å². The highest BCUT2D eigenvalue weighted by Gasteiger charge is 2.69. The summed E-state index contributed by atoms with van der Waals surface area (Å²) in [6.07, 6.45) is 0.799. The molecule has 0 unspecified atom stereocenters. The van der Waals surface area contributed by atoms with Crippen LogP contribution < -0.4 is 24.6 Å². The van der Waals surface area contributed by atoms with E-state index in [1.807, 2.05) is 42.5 Å². The number of amides is 3. The zero-order chi connectivity index (χ0) is 31.7. The van der Waals surface area contributed by atoms with Gasteiger partial charge in [-0.3, -0.25) is 24.1 Å². The fraction of sp³-hybridized carbons (Fsp3) is 0.294. The molecule has 2 aliphatic heterocycles. The molecule has 0 spiro atoms. The number of aromatic amines is 1. The van der Waals surface area contributed by atoms with Crippen molar-refractivity contribution in [3.8, 4) is 11.5 Å². The number of H-pyrrole nitrogens is 1. The van der Waals surface area contributed by atoms with E-state index in [4.69, 9.17) is 9.47 Å². The minimum absolute atomic E-state index is 0.0108. The Morgan fingerprint density at radius 2 is 1.72 bits per heavy atom. The van der Waals surface area contributed by atoms with E-state index in [-0.39, 0.29) is 64.0 Å². The summed E-state index contributed by atoms with van der Waals surface area (Å²) in [5, 5.41) is 3.72. The highest BCUT2D eigenvalue weighted by molar-refractivity contribution is 9.10. The summed E-state index contributed by atoms with van der Waals surface area (Å²) in [5.74, 6) is -0.523. The molecule has 9 nitrogen and oxygen atoms in total. The van der Waals surface area contributed by atoms with Gasteiger partial charge in [-0.25, -0.2) is 0 Å². The summed E-state index contributed by atoms with van der Waals surface area (Å²) >= 11 is 6.30. The number of rotatable bonds is 7. The lowest BCUT2D eigenvalue weighted by atomic mass is 9.68. The molecule has 1 saturated heterocycles. The third-order valence-electron chi connectivity index (χ3n) is 9.77. The van der Waals surface area contributed by atoms with Crippen LogP contribution >= 0.6 is 39.0 Å². The molecule has 3 heterocycles.